The second-order valence-electron chi connectivity index (χ2n) is 5.50. The summed E-state index contributed by atoms with van der Waals surface area (Å²) in [5.74, 6) is -0.802. The summed E-state index contributed by atoms with van der Waals surface area (Å²) in [5, 5.41) is 0. The normalized spacial score (nSPS) is 21.5. The number of hydrogen-bond donors (Lipinski definition) is 0. The summed E-state index contributed by atoms with van der Waals surface area (Å²) < 4.78 is 28.5. The minimum atomic E-state index is -0.872. The molecule has 2 aromatic rings. The number of halogens is 3. The molecule has 0 radical (unpaired) electrons. The molecule has 0 N–H and O–H groups in total. The molecule has 0 bridgehead atoms. The summed E-state index contributed by atoms with van der Waals surface area (Å²) in [6, 6.07) is 2.61. The summed E-state index contributed by atoms with van der Waals surface area (Å²) in [7, 11) is 0. The Morgan fingerprint density at radius 2 is 2.00 bits per heavy atom. The van der Waals surface area contributed by atoms with Gasteiger partial charge in [-0.25, -0.2) is 13.8 Å². The highest BCUT2D eigenvalue weighted by molar-refractivity contribution is 6.16. The van der Waals surface area contributed by atoms with Crippen molar-refractivity contribution in [2.24, 2.45) is 5.41 Å². The summed E-state index contributed by atoms with van der Waals surface area (Å²) in [6.07, 6.45) is 1.00. The molecule has 0 saturated heterocycles. The lowest BCUT2D eigenvalue weighted by molar-refractivity contribution is 0.508. The van der Waals surface area contributed by atoms with E-state index in [-0.39, 0.29) is 17.3 Å². The molecule has 1 aliphatic carbocycles. The van der Waals surface area contributed by atoms with Gasteiger partial charge >= 0.3 is 0 Å². The van der Waals surface area contributed by atoms with Crippen LogP contribution in [0.15, 0.2) is 12.1 Å². The van der Waals surface area contributed by atoms with Crippen LogP contribution in [0.4, 0.5) is 8.78 Å². The van der Waals surface area contributed by atoms with E-state index in [2.05, 4.69) is 18.8 Å². The molecule has 3 rings (SSSR count). The van der Waals surface area contributed by atoms with E-state index in [4.69, 9.17) is 11.6 Å². The van der Waals surface area contributed by atoms with Gasteiger partial charge in [-0.1, -0.05) is 13.8 Å². The zero-order valence-electron chi connectivity index (χ0n) is 10.2. The molecule has 1 saturated carbocycles. The fourth-order valence-electron chi connectivity index (χ4n) is 2.46. The Labute approximate surface area is 109 Å². The third-order valence-corrected chi connectivity index (χ3v) is 3.94. The Bertz CT molecular complexity index is 633. The van der Waals surface area contributed by atoms with Crippen LogP contribution < -0.4 is 0 Å². The molecule has 18 heavy (non-hydrogen) atoms. The van der Waals surface area contributed by atoms with Crippen molar-refractivity contribution < 1.29 is 8.78 Å². The van der Waals surface area contributed by atoms with Gasteiger partial charge in [0, 0.05) is 18.2 Å². The van der Waals surface area contributed by atoms with Crippen LogP contribution in [-0.4, -0.2) is 9.55 Å². The Morgan fingerprint density at radius 3 is 2.56 bits per heavy atom. The molecule has 2 nitrogen and oxygen atoms in total. The first kappa shape index (κ1) is 11.9. The van der Waals surface area contributed by atoms with Gasteiger partial charge in [0.05, 0.1) is 16.9 Å². The van der Waals surface area contributed by atoms with Crippen molar-refractivity contribution in [3.05, 3.63) is 29.6 Å². The number of hydrogen-bond acceptors (Lipinski definition) is 1. The number of fused-ring (bicyclic) bond motifs is 1. The van der Waals surface area contributed by atoms with Crippen molar-refractivity contribution in [2.75, 3.05) is 0 Å². The molecule has 5 heteroatoms. The highest BCUT2D eigenvalue weighted by atomic mass is 35.5. The molecule has 1 aliphatic rings. The van der Waals surface area contributed by atoms with Crippen LogP contribution in [0.5, 0.6) is 0 Å². The zero-order valence-corrected chi connectivity index (χ0v) is 10.9. The average Bonchev–Trinajstić information content (AvgIpc) is 2.78. The highest BCUT2D eigenvalue weighted by Gasteiger charge is 2.48. The van der Waals surface area contributed by atoms with Crippen molar-refractivity contribution in [3.63, 3.8) is 0 Å². The summed E-state index contributed by atoms with van der Waals surface area (Å²) in [4.78, 5) is 4.28. The van der Waals surface area contributed by atoms with Crippen molar-refractivity contribution in [2.45, 2.75) is 32.2 Å². The first-order chi connectivity index (χ1) is 8.44. The lowest BCUT2D eigenvalue weighted by Gasteiger charge is -2.09. The number of nitrogens with zero attached hydrogens (tertiary/aromatic N) is 2. The third-order valence-electron chi connectivity index (χ3n) is 3.70. The van der Waals surface area contributed by atoms with E-state index in [0.29, 0.717) is 16.9 Å². The van der Waals surface area contributed by atoms with E-state index in [1.807, 2.05) is 4.57 Å². The molecular weight excluding hydrogens is 258 g/mol. The summed E-state index contributed by atoms with van der Waals surface area (Å²) in [6.45, 7) is 4.28. The first-order valence-corrected chi connectivity index (χ1v) is 6.39. The van der Waals surface area contributed by atoms with Gasteiger partial charge in [-0.3, -0.25) is 0 Å². The molecule has 1 fully saturated rings. The Kier molecular flexibility index (Phi) is 2.43. The van der Waals surface area contributed by atoms with Crippen LogP contribution >= 0.6 is 11.6 Å². The molecule has 1 unspecified atom stereocenters. The van der Waals surface area contributed by atoms with E-state index >= 15 is 0 Å². The van der Waals surface area contributed by atoms with E-state index < -0.39 is 11.6 Å². The largest absolute Gasteiger partial charge is 0.323 e. The lowest BCUT2D eigenvalue weighted by atomic mass is 10.2. The van der Waals surface area contributed by atoms with E-state index in [1.54, 1.807) is 0 Å². The first-order valence-electron chi connectivity index (χ1n) is 5.86. The highest BCUT2D eigenvalue weighted by Crippen LogP contribution is 2.56. The van der Waals surface area contributed by atoms with Gasteiger partial charge < -0.3 is 4.57 Å². The Morgan fingerprint density at radius 1 is 1.39 bits per heavy atom. The van der Waals surface area contributed by atoms with Crippen LogP contribution in [-0.2, 0) is 5.88 Å². The standard InChI is InChI=1S/C13H13ClF2N2/c1-13(2)5-11(13)18-10-4-8(16)7(15)3-9(10)17-12(18)6-14/h3-4,11H,5-6H2,1-2H3. The predicted molar refractivity (Wildman–Crippen MR) is 66.6 cm³/mol. The van der Waals surface area contributed by atoms with Crippen LogP contribution in [0.1, 0.15) is 32.1 Å². The maximum atomic E-state index is 13.4. The minimum Gasteiger partial charge on any atom is -0.323 e. The fourth-order valence-corrected chi connectivity index (χ4v) is 2.65. The zero-order chi connectivity index (χ0) is 13.1. The second kappa shape index (κ2) is 3.67. The number of rotatable bonds is 2. The van der Waals surface area contributed by atoms with Gasteiger partial charge in [0.2, 0.25) is 0 Å². The van der Waals surface area contributed by atoms with E-state index in [0.717, 1.165) is 12.5 Å². The number of imidazole rings is 1. The summed E-state index contributed by atoms with van der Waals surface area (Å²) >= 11 is 5.88. The van der Waals surface area contributed by atoms with Gasteiger partial charge in [-0.05, 0) is 11.8 Å². The molecule has 0 aliphatic heterocycles. The van der Waals surface area contributed by atoms with Crippen LogP contribution in [0.25, 0.3) is 11.0 Å². The third kappa shape index (κ3) is 1.62. The van der Waals surface area contributed by atoms with Gasteiger partial charge in [0.1, 0.15) is 5.82 Å². The van der Waals surface area contributed by atoms with Gasteiger partial charge in [0.25, 0.3) is 0 Å². The topological polar surface area (TPSA) is 17.8 Å². The van der Waals surface area contributed by atoms with Gasteiger partial charge in [-0.2, -0.15) is 0 Å². The second-order valence-corrected chi connectivity index (χ2v) is 5.76. The number of benzene rings is 1. The molecule has 1 heterocycles. The van der Waals surface area contributed by atoms with Gasteiger partial charge in [0.15, 0.2) is 11.6 Å². The van der Waals surface area contributed by atoms with Crippen LogP contribution in [0.3, 0.4) is 0 Å². The van der Waals surface area contributed by atoms with Crippen LogP contribution in [0.2, 0.25) is 0 Å². The molecule has 0 spiro atoms. The molecule has 1 aromatic heterocycles. The van der Waals surface area contributed by atoms with E-state index in [9.17, 15) is 8.78 Å². The Balaban J connectivity index is 2.25. The monoisotopic (exact) mass is 270 g/mol. The van der Waals surface area contributed by atoms with Crippen molar-refractivity contribution in [1.29, 1.82) is 0 Å². The molecular formula is C13H13ClF2N2. The lowest BCUT2D eigenvalue weighted by Crippen LogP contribution is -2.04. The van der Waals surface area contributed by atoms with Crippen molar-refractivity contribution in [1.82, 2.24) is 9.55 Å². The maximum Gasteiger partial charge on any atom is 0.161 e. The fraction of sp³-hybridized carbons (Fsp3) is 0.462. The molecule has 0 amide bonds. The molecule has 1 atom stereocenters. The smallest absolute Gasteiger partial charge is 0.161 e. The number of alkyl halides is 1. The van der Waals surface area contributed by atoms with Crippen LogP contribution in [0, 0.1) is 17.0 Å². The van der Waals surface area contributed by atoms with Crippen molar-refractivity contribution >= 4 is 22.6 Å². The quantitative estimate of drug-likeness (QED) is 0.754. The van der Waals surface area contributed by atoms with Gasteiger partial charge in [-0.15, -0.1) is 11.6 Å². The average molecular weight is 271 g/mol. The Hall–Kier alpha value is -1.16. The maximum absolute atomic E-state index is 13.4. The predicted octanol–water partition coefficient (Wildman–Crippen LogP) is 4.02. The summed E-state index contributed by atoms with van der Waals surface area (Å²) in [5.41, 5.74) is 1.26. The number of aromatic nitrogens is 2. The minimum absolute atomic E-state index is 0.166. The molecule has 1 aromatic carbocycles. The SMILES string of the molecule is CC1(C)CC1n1c(CCl)nc2cc(F)c(F)cc21. The van der Waals surface area contributed by atoms with Crippen molar-refractivity contribution in [3.8, 4) is 0 Å². The molecule has 96 valence electrons. The van der Waals surface area contributed by atoms with E-state index in [1.165, 1.54) is 6.07 Å².